The molecule has 2 aromatic carbocycles. The molecule has 21 heavy (non-hydrogen) atoms. The van der Waals surface area contributed by atoms with Gasteiger partial charge in [0, 0.05) is 20.8 Å². The summed E-state index contributed by atoms with van der Waals surface area (Å²) in [6.45, 7) is 1.36. The molecular weight excluding hydrogens is 262 g/mol. The van der Waals surface area contributed by atoms with E-state index >= 15 is 0 Å². The molecule has 0 amide bonds. The molecule has 1 aliphatic carbocycles. The molecular formula is C18H21NO2. The Bertz CT molecular complexity index is 566. The third-order valence-corrected chi connectivity index (χ3v) is 4.07. The molecule has 3 rings (SSSR count). The summed E-state index contributed by atoms with van der Waals surface area (Å²) in [5.41, 5.74) is 5.33. The van der Waals surface area contributed by atoms with Gasteiger partial charge in [0.1, 0.15) is 0 Å². The predicted molar refractivity (Wildman–Crippen MR) is 84.4 cm³/mol. The number of methoxy groups -OCH3 is 2. The van der Waals surface area contributed by atoms with Crippen molar-refractivity contribution in [3.63, 3.8) is 0 Å². The Balaban J connectivity index is 1.85. The first-order valence-electron chi connectivity index (χ1n) is 7.28. The zero-order chi connectivity index (χ0) is 14.7. The first-order chi connectivity index (χ1) is 10.3. The summed E-state index contributed by atoms with van der Waals surface area (Å²) < 4.78 is 10.6. The van der Waals surface area contributed by atoms with E-state index < -0.39 is 0 Å². The minimum atomic E-state index is 0.0647. The Morgan fingerprint density at radius 2 is 1.52 bits per heavy atom. The number of hydrogen-bond acceptors (Lipinski definition) is 3. The van der Waals surface area contributed by atoms with Crippen LogP contribution in [0.3, 0.4) is 0 Å². The zero-order valence-electron chi connectivity index (χ0n) is 12.5. The van der Waals surface area contributed by atoms with Gasteiger partial charge in [0.15, 0.2) is 0 Å². The van der Waals surface area contributed by atoms with Gasteiger partial charge in [-0.25, -0.2) is 0 Å². The van der Waals surface area contributed by atoms with E-state index in [1.165, 1.54) is 22.3 Å². The van der Waals surface area contributed by atoms with Crippen LogP contribution in [0.2, 0.25) is 0 Å². The minimum absolute atomic E-state index is 0.0647. The topological polar surface area (TPSA) is 30.5 Å². The number of fused-ring (bicyclic) bond motifs is 3. The summed E-state index contributed by atoms with van der Waals surface area (Å²) >= 11 is 0. The van der Waals surface area contributed by atoms with Crippen molar-refractivity contribution in [3.05, 3.63) is 59.7 Å². The Morgan fingerprint density at radius 3 is 2.05 bits per heavy atom. The standard InChI is InChI=1S/C18H21NO2/c1-20-12-13(21-2)11-19-18-16-9-5-3-7-14(16)15-8-4-6-10-17(15)18/h3-10,13,18-19H,11-12H2,1-2H3. The normalized spacial score (nSPS) is 14.8. The highest BCUT2D eigenvalue weighted by molar-refractivity contribution is 5.78. The van der Waals surface area contributed by atoms with Gasteiger partial charge in [0.2, 0.25) is 0 Å². The average molecular weight is 283 g/mol. The fourth-order valence-electron chi connectivity index (χ4n) is 3.02. The largest absolute Gasteiger partial charge is 0.382 e. The van der Waals surface area contributed by atoms with Crippen LogP contribution in [-0.2, 0) is 9.47 Å². The lowest BCUT2D eigenvalue weighted by Gasteiger charge is -2.20. The molecule has 3 heteroatoms. The molecule has 1 unspecified atom stereocenters. The third kappa shape index (κ3) is 2.72. The highest BCUT2D eigenvalue weighted by Gasteiger charge is 2.27. The molecule has 1 aliphatic rings. The van der Waals surface area contributed by atoms with Crippen LogP contribution in [0, 0.1) is 0 Å². The molecule has 3 nitrogen and oxygen atoms in total. The fraction of sp³-hybridized carbons (Fsp3) is 0.333. The van der Waals surface area contributed by atoms with Crippen LogP contribution in [0.15, 0.2) is 48.5 Å². The van der Waals surface area contributed by atoms with Crippen molar-refractivity contribution in [1.29, 1.82) is 0 Å². The lowest BCUT2D eigenvalue weighted by Crippen LogP contribution is -2.34. The van der Waals surface area contributed by atoms with Crippen LogP contribution in [0.25, 0.3) is 11.1 Å². The molecule has 0 aliphatic heterocycles. The molecule has 0 heterocycles. The molecule has 2 aromatic rings. The molecule has 1 N–H and O–H groups in total. The summed E-state index contributed by atoms with van der Waals surface area (Å²) in [7, 11) is 3.42. The first-order valence-corrected chi connectivity index (χ1v) is 7.28. The second kappa shape index (κ2) is 6.39. The lowest BCUT2D eigenvalue weighted by atomic mass is 10.1. The maximum absolute atomic E-state index is 5.44. The maximum Gasteiger partial charge on any atom is 0.0928 e. The summed E-state index contributed by atoms with van der Waals surface area (Å²) in [6.07, 6.45) is 0.0647. The Hall–Kier alpha value is -1.68. The molecule has 0 saturated carbocycles. The van der Waals surface area contributed by atoms with Crippen LogP contribution in [0.4, 0.5) is 0 Å². The number of rotatable bonds is 6. The molecule has 0 radical (unpaired) electrons. The van der Waals surface area contributed by atoms with E-state index in [-0.39, 0.29) is 12.1 Å². The van der Waals surface area contributed by atoms with Gasteiger partial charge in [-0.1, -0.05) is 48.5 Å². The second-order valence-corrected chi connectivity index (χ2v) is 5.33. The van der Waals surface area contributed by atoms with E-state index in [4.69, 9.17) is 9.47 Å². The van der Waals surface area contributed by atoms with Gasteiger partial charge < -0.3 is 14.8 Å². The molecule has 0 aromatic heterocycles. The van der Waals surface area contributed by atoms with Crippen LogP contribution in [-0.4, -0.2) is 33.5 Å². The molecule has 1 atom stereocenters. The van der Waals surface area contributed by atoms with Crippen molar-refractivity contribution in [2.24, 2.45) is 0 Å². The fourth-order valence-corrected chi connectivity index (χ4v) is 3.02. The molecule has 0 spiro atoms. The summed E-state index contributed by atoms with van der Waals surface area (Å²) in [5, 5.41) is 3.62. The van der Waals surface area contributed by atoms with E-state index in [0.29, 0.717) is 6.61 Å². The minimum Gasteiger partial charge on any atom is -0.382 e. The van der Waals surface area contributed by atoms with Crippen LogP contribution in [0.1, 0.15) is 17.2 Å². The lowest BCUT2D eigenvalue weighted by molar-refractivity contribution is 0.0280. The Labute approximate surface area is 125 Å². The van der Waals surface area contributed by atoms with Gasteiger partial charge >= 0.3 is 0 Å². The van der Waals surface area contributed by atoms with Gasteiger partial charge in [-0.3, -0.25) is 0 Å². The van der Waals surface area contributed by atoms with Crippen molar-refractivity contribution >= 4 is 0 Å². The smallest absolute Gasteiger partial charge is 0.0928 e. The van der Waals surface area contributed by atoms with Gasteiger partial charge in [-0.2, -0.15) is 0 Å². The van der Waals surface area contributed by atoms with E-state index in [0.717, 1.165) is 6.54 Å². The first kappa shape index (κ1) is 14.3. The van der Waals surface area contributed by atoms with E-state index in [9.17, 15) is 0 Å². The zero-order valence-corrected chi connectivity index (χ0v) is 12.5. The van der Waals surface area contributed by atoms with Crippen molar-refractivity contribution < 1.29 is 9.47 Å². The van der Waals surface area contributed by atoms with Crippen LogP contribution < -0.4 is 5.32 Å². The van der Waals surface area contributed by atoms with Crippen molar-refractivity contribution in [1.82, 2.24) is 5.32 Å². The maximum atomic E-state index is 5.44. The monoisotopic (exact) mass is 283 g/mol. The van der Waals surface area contributed by atoms with Crippen molar-refractivity contribution in [3.8, 4) is 11.1 Å². The van der Waals surface area contributed by atoms with Gasteiger partial charge in [0.25, 0.3) is 0 Å². The quantitative estimate of drug-likeness (QED) is 0.884. The van der Waals surface area contributed by atoms with Crippen LogP contribution >= 0.6 is 0 Å². The highest BCUT2D eigenvalue weighted by Crippen LogP contribution is 2.42. The van der Waals surface area contributed by atoms with Crippen LogP contribution in [0.5, 0.6) is 0 Å². The number of benzene rings is 2. The summed E-state index contributed by atoms with van der Waals surface area (Å²) in [5.74, 6) is 0. The number of nitrogens with one attached hydrogen (secondary N) is 1. The van der Waals surface area contributed by atoms with Crippen molar-refractivity contribution in [2.75, 3.05) is 27.4 Å². The van der Waals surface area contributed by atoms with E-state index in [1.807, 2.05) is 0 Å². The highest BCUT2D eigenvalue weighted by atomic mass is 16.5. The van der Waals surface area contributed by atoms with E-state index in [2.05, 4.69) is 53.8 Å². The van der Waals surface area contributed by atoms with Gasteiger partial charge in [-0.15, -0.1) is 0 Å². The molecule has 110 valence electrons. The molecule has 0 bridgehead atoms. The Kier molecular flexibility index (Phi) is 4.34. The third-order valence-electron chi connectivity index (χ3n) is 4.07. The number of ether oxygens (including phenoxy) is 2. The summed E-state index contributed by atoms with van der Waals surface area (Å²) in [6, 6.07) is 17.4. The average Bonchev–Trinajstić information content (AvgIpc) is 2.86. The second-order valence-electron chi connectivity index (χ2n) is 5.33. The van der Waals surface area contributed by atoms with Gasteiger partial charge in [-0.05, 0) is 22.3 Å². The summed E-state index contributed by atoms with van der Waals surface area (Å²) in [4.78, 5) is 0. The van der Waals surface area contributed by atoms with E-state index in [1.54, 1.807) is 14.2 Å². The molecule has 0 saturated heterocycles. The predicted octanol–water partition coefficient (Wildman–Crippen LogP) is 3.01. The Morgan fingerprint density at radius 1 is 0.952 bits per heavy atom. The SMILES string of the molecule is COCC(CNC1c2ccccc2-c2ccccc21)OC. The molecule has 0 fully saturated rings. The van der Waals surface area contributed by atoms with Gasteiger partial charge in [0.05, 0.1) is 18.8 Å². The number of hydrogen-bond donors (Lipinski definition) is 1. The van der Waals surface area contributed by atoms with Crippen molar-refractivity contribution in [2.45, 2.75) is 12.1 Å².